The van der Waals surface area contributed by atoms with Crippen molar-refractivity contribution in [2.45, 2.75) is 50.0 Å². The second-order valence-corrected chi connectivity index (χ2v) is 7.39. The summed E-state index contributed by atoms with van der Waals surface area (Å²) in [5.74, 6) is 0.579. The fourth-order valence-electron chi connectivity index (χ4n) is 2.65. The second-order valence-electron chi connectivity index (χ2n) is 5.27. The number of halogens is 1. The molecule has 1 fully saturated rings. The summed E-state index contributed by atoms with van der Waals surface area (Å²) >= 11 is 5.67. The zero-order valence-electron chi connectivity index (χ0n) is 11.4. The lowest BCUT2D eigenvalue weighted by atomic mass is 9.85. The first-order valence-corrected chi connectivity index (χ1v) is 8.69. The maximum atomic E-state index is 12.3. The number of hydrogen-bond donors (Lipinski definition) is 2. The highest BCUT2D eigenvalue weighted by Gasteiger charge is 2.26. The number of aromatic nitrogens is 1. The first kappa shape index (κ1) is 15.5. The van der Waals surface area contributed by atoms with Gasteiger partial charge < -0.3 is 4.98 Å². The van der Waals surface area contributed by atoms with E-state index in [1.807, 2.05) is 0 Å². The number of rotatable bonds is 4. The van der Waals surface area contributed by atoms with Gasteiger partial charge in [0, 0.05) is 12.2 Å². The Morgan fingerprint density at radius 2 is 2.20 bits per heavy atom. The molecule has 1 heterocycles. The van der Waals surface area contributed by atoms with Gasteiger partial charge >= 0.3 is 0 Å². The molecule has 1 aromatic rings. The maximum Gasteiger partial charge on any atom is 0.266 e. The van der Waals surface area contributed by atoms with E-state index in [2.05, 4.69) is 16.6 Å². The first-order chi connectivity index (χ1) is 9.42. The minimum atomic E-state index is -3.64. The van der Waals surface area contributed by atoms with Gasteiger partial charge in [-0.1, -0.05) is 37.8 Å². The average Bonchev–Trinajstić information content (AvgIpc) is 2.41. The van der Waals surface area contributed by atoms with Crippen LogP contribution >= 0.6 is 11.6 Å². The summed E-state index contributed by atoms with van der Waals surface area (Å²) in [7, 11) is -3.64. The van der Waals surface area contributed by atoms with E-state index in [0.29, 0.717) is 5.92 Å². The van der Waals surface area contributed by atoms with Crippen LogP contribution in [-0.4, -0.2) is 19.4 Å². The molecule has 2 atom stereocenters. The molecule has 1 saturated carbocycles. The van der Waals surface area contributed by atoms with E-state index in [9.17, 15) is 13.2 Å². The number of pyridine rings is 1. The van der Waals surface area contributed by atoms with E-state index >= 15 is 0 Å². The summed E-state index contributed by atoms with van der Waals surface area (Å²) in [5.41, 5.74) is -0.491. The summed E-state index contributed by atoms with van der Waals surface area (Å²) in [6.07, 6.45) is 6.18. The van der Waals surface area contributed by atoms with Crippen molar-refractivity contribution in [1.82, 2.24) is 9.71 Å². The molecule has 1 aromatic heterocycles. The lowest BCUT2D eigenvalue weighted by Gasteiger charge is -2.28. The predicted octanol–water partition coefficient (Wildman–Crippen LogP) is 2.28. The smallest absolute Gasteiger partial charge is 0.266 e. The standard InChI is InChI=1S/C13H19ClN2O3S/c1-2-9-4-3-5-10(6-9)16-20(18,19)11-7-12(14)13(17)15-8-11/h7-10,16H,2-6H2,1H3,(H,15,17). The lowest BCUT2D eigenvalue weighted by molar-refractivity contribution is 0.301. The molecule has 1 aliphatic carbocycles. The van der Waals surface area contributed by atoms with Crippen molar-refractivity contribution in [3.8, 4) is 0 Å². The maximum absolute atomic E-state index is 12.3. The van der Waals surface area contributed by atoms with Gasteiger partial charge in [-0.2, -0.15) is 0 Å². The third kappa shape index (κ3) is 3.62. The van der Waals surface area contributed by atoms with E-state index < -0.39 is 15.6 Å². The molecule has 112 valence electrons. The quantitative estimate of drug-likeness (QED) is 0.893. The first-order valence-electron chi connectivity index (χ1n) is 6.83. The largest absolute Gasteiger partial charge is 0.326 e. The third-order valence-corrected chi connectivity index (χ3v) is 5.60. The molecule has 2 N–H and O–H groups in total. The molecule has 0 spiro atoms. The highest BCUT2D eigenvalue weighted by atomic mass is 35.5. The van der Waals surface area contributed by atoms with E-state index in [1.54, 1.807) is 0 Å². The molecule has 0 bridgehead atoms. The number of aromatic amines is 1. The fraction of sp³-hybridized carbons (Fsp3) is 0.615. The van der Waals surface area contributed by atoms with Crippen molar-refractivity contribution < 1.29 is 8.42 Å². The summed E-state index contributed by atoms with van der Waals surface area (Å²) in [6.45, 7) is 2.13. The zero-order valence-corrected chi connectivity index (χ0v) is 12.9. The summed E-state index contributed by atoms with van der Waals surface area (Å²) < 4.78 is 27.2. The Balaban J connectivity index is 2.14. The van der Waals surface area contributed by atoms with Crippen molar-refractivity contribution in [1.29, 1.82) is 0 Å². The molecule has 1 aliphatic rings. The topological polar surface area (TPSA) is 79.0 Å². The van der Waals surface area contributed by atoms with Crippen LogP contribution in [0.1, 0.15) is 39.0 Å². The van der Waals surface area contributed by atoms with Crippen LogP contribution in [0.2, 0.25) is 5.02 Å². The Kier molecular flexibility index (Phi) is 4.88. The van der Waals surface area contributed by atoms with Gasteiger partial charge in [0.05, 0.1) is 4.90 Å². The van der Waals surface area contributed by atoms with Gasteiger partial charge in [0.15, 0.2) is 0 Å². The molecular weight excluding hydrogens is 300 g/mol. The average molecular weight is 319 g/mol. The Morgan fingerprint density at radius 1 is 1.45 bits per heavy atom. The Bertz CT molecular complexity index is 627. The highest BCUT2D eigenvalue weighted by Crippen LogP contribution is 2.27. The van der Waals surface area contributed by atoms with Gasteiger partial charge in [-0.15, -0.1) is 0 Å². The minimum absolute atomic E-state index is 0.000668. The molecule has 0 radical (unpaired) electrons. The van der Waals surface area contributed by atoms with Crippen molar-refractivity contribution in [3.05, 3.63) is 27.6 Å². The molecule has 0 aliphatic heterocycles. The van der Waals surface area contributed by atoms with Crippen LogP contribution in [0.5, 0.6) is 0 Å². The summed E-state index contributed by atoms with van der Waals surface area (Å²) in [5, 5.41) is -0.122. The molecule has 0 aromatic carbocycles. The van der Waals surface area contributed by atoms with Crippen LogP contribution in [0.4, 0.5) is 0 Å². The van der Waals surface area contributed by atoms with Gasteiger partial charge in [0.2, 0.25) is 10.0 Å². The Hall–Kier alpha value is -0.850. The number of H-pyrrole nitrogens is 1. The monoisotopic (exact) mass is 318 g/mol. The number of sulfonamides is 1. The van der Waals surface area contributed by atoms with Crippen LogP contribution < -0.4 is 10.3 Å². The van der Waals surface area contributed by atoms with Crippen molar-refractivity contribution in [2.24, 2.45) is 5.92 Å². The molecule has 2 rings (SSSR count). The summed E-state index contributed by atoms with van der Waals surface area (Å²) in [6, 6.07) is 1.15. The molecule has 20 heavy (non-hydrogen) atoms. The van der Waals surface area contributed by atoms with Crippen LogP contribution in [0.15, 0.2) is 22.0 Å². The Morgan fingerprint density at radius 3 is 2.85 bits per heavy atom. The van der Waals surface area contributed by atoms with Gasteiger partial charge in [0.1, 0.15) is 5.02 Å². The predicted molar refractivity (Wildman–Crippen MR) is 78.4 cm³/mol. The van der Waals surface area contributed by atoms with Crippen LogP contribution in [0, 0.1) is 5.92 Å². The molecular formula is C13H19ClN2O3S. The normalized spacial score (nSPS) is 23.7. The van der Waals surface area contributed by atoms with Crippen LogP contribution in [0.25, 0.3) is 0 Å². The van der Waals surface area contributed by atoms with E-state index in [4.69, 9.17) is 11.6 Å². The molecule has 7 heteroatoms. The highest BCUT2D eigenvalue weighted by molar-refractivity contribution is 7.89. The van der Waals surface area contributed by atoms with Gasteiger partial charge in [-0.25, -0.2) is 13.1 Å². The second kappa shape index (κ2) is 6.28. The van der Waals surface area contributed by atoms with Crippen molar-refractivity contribution >= 4 is 21.6 Å². The number of nitrogens with one attached hydrogen (secondary N) is 2. The molecule has 2 unspecified atom stereocenters. The van der Waals surface area contributed by atoms with Crippen molar-refractivity contribution in [3.63, 3.8) is 0 Å². The zero-order chi connectivity index (χ0) is 14.8. The Labute approximate surface area is 123 Å². The molecule has 5 nitrogen and oxygen atoms in total. The minimum Gasteiger partial charge on any atom is -0.326 e. The van der Waals surface area contributed by atoms with E-state index in [-0.39, 0.29) is 16.0 Å². The fourth-order valence-corrected chi connectivity index (χ4v) is 4.16. The number of hydrogen-bond acceptors (Lipinski definition) is 3. The van der Waals surface area contributed by atoms with E-state index in [0.717, 1.165) is 25.7 Å². The van der Waals surface area contributed by atoms with Crippen LogP contribution in [0.3, 0.4) is 0 Å². The van der Waals surface area contributed by atoms with Crippen LogP contribution in [-0.2, 0) is 10.0 Å². The SMILES string of the molecule is CCC1CCCC(NS(=O)(=O)c2c[nH]c(=O)c(Cl)c2)C1. The third-order valence-electron chi connectivity index (χ3n) is 3.82. The molecule has 0 amide bonds. The lowest BCUT2D eigenvalue weighted by Crippen LogP contribution is -2.38. The van der Waals surface area contributed by atoms with Gasteiger partial charge in [-0.3, -0.25) is 4.79 Å². The van der Waals surface area contributed by atoms with Gasteiger partial charge in [0.25, 0.3) is 5.56 Å². The van der Waals surface area contributed by atoms with Gasteiger partial charge in [-0.05, 0) is 24.8 Å². The molecule has 0 saturated heterocycles. The summed E-state index contributed by atoms with van der Waals surface area (Å²) in [4.78, 5) is 13.5. The van der Waals surface area contributed by atoms with Crippen molar-refractivity contribution in [2.75, 3.05) is 0 Å². The van der Waals surface area contributed by atoms with E-state index in [1.165, 1.54) is 18.7 Å².